The molecular formula is C14H19F2NO2S. The number of benzene rings is 1. The molecule has 0 bridgehead atoms. The molecule has 0 radical (unpaired) electrons. The molecule has 0 aromatic heterocycles. The van der Waals surface area contributed by atoms with Crippen LogP contribution in [0.15, 0.2) is 23.1 Å². The predicted molar refractivity (Wildman–Crippen MR) is 72.6 cm³/mol. The lowest BCUT2D eigenvalue weighted by molar-refractivity contribution is 0.227. The predicted octanol–water partition coefficient (Wildman–Crippen LogP) is 3.07. The number of rotatable bonds is 3. The van der Waals surface area contributed by atoms with Crippen molar-refractivity contribution in [3.63, 3.8) is 0 Å². The second-order valence-corrected chi connectivity index (χ2v) is 7.28. The van der Waals surface area contributed by atoms with Gasteiger partial charge in [-0.2, -0.15) is 0 Å². The first kappa shape index (κ1) is 15.4. The molecule has 0 spiro atoms. The monoisotopic (exact) mass is 303 g/mol. The van der Waals surface area contributed by atoms with Gasteiger partial charge in [-0.3, -0.25) is 0 Å². The summed E-state index contributed by atoms with van der Waals surface area (Å²) in [6.07, 6.45) is 2.83. The summed E-state index contributed by atoms with van der Waals surface area (Å²) >= 11 is 0. The molecule has 6 heteroatoms. The Morgan fingerprint density at radius 1 is 1.15 bits per heavy atom. The molecule has 112 valence electrons. The Kier molecular flexibility index (Phi) is 4.44. The van der Waals surface area contributed by atoms with Crippen molar-refractivity contribution in [3.8, 4) is 0 Å². The van der Waals surface area contributed by atoms with Gasteiger partial charge in [-0.05, 0) is 36.5 Å². The molecule has 1 N–H and O–H groups in total. The van der Waals surface area contributed by atoms with Crippen LogP contribution in [-0.2, 0) is 10.0 Å². The SMILES string of the molecule is C[C@@H]1[C@H](C)CCC[C@H]1NS(=O)(=O)c1ccc(F)c(F)c1. The molecule has 20 heavy (non-hydrogen) atoms. The molecule has 2 rings (SSSR count). The highest BCUT2D eigenvalue weighted by molar-refractivity contribution is 7.89. The van der Waals surface area contributed by atoms with Gasteiger partial charge in [-0.1, -0.05) is 26.7 Å². The number of hydrogen-bond acceptors (Lipinski definition) is 2. The van der Waals surface area contributed by atoms with E-state index in [1.807, 2.05) is 6.92 Å². The average Bonchev–Trinajstić information content (AvgIpc) is 2.38. The highest BCUT2D eigenvalue weighted by Crippen LogP contribution is 2.30. The number of nitrogens with one attached hydrogen (secondary N) is 1. The number of sulfonamides is 1. The summed E-state index contributed by atoms with van der Waals surface area (Å²) < 4.78 is 53.1. The molecule has 3 atom stereocenters. The lowest BCUT2D eigenvalue weighted by Gasteiger charge is -2.34. The third-order valence-electron chi connectivity index (χ3n) is 4.21. The third kappa shape index (κ3) is 3.17. The lowest BCUT2D eigenvalue weighted by Crippen LogP contribution is -2.43. The summed E-state index contributed by atoms with van der Waals surface area (Å²) in [5.41, 5.74) is 0. The first-order chi connectivity index (χ1) is 9.31. The number of hydrogen-bond donors (Lipinski definition) is 1. The Morgan fingerprint density at radius 2 is 1.85 bits per heavy atom. The van der Waals surface area contributed by atoms with Crippen LogP contribution in [0.5, 0.6) is 0 Å². The van der Waals surface area contributed by atoms with Gasteiger partial charge >= 0.3 is 0 Å². The van der Waals surface area contributed by atoms with Crippen molar-refractivity contribution < 1.29 is 17.2 Å². The van der Waals surface area contributed by atoms with E-state index in [-0.39, 0.29) is 16.9 Å². The zero-order valence-corrected chi connectivity index (χ0v) is 12.4. The van der Waals surface area contributed by atoms with Crippen molar-refractivity contribution in [2.24, 2.45) is 11.8 Å². The van der Waals surface area contributed by atoms with Crippen LogP contribution in [0.3, 0.4) is 0 Å². The quantitative estimate of drug-likeness (QED) is 0.933. The molecule has 1 aliphatic rings. The zero-order valence-electron chi connectivity index (χ0n) is 11.6. The second-order valence-electron chi connectivity index (χ2n) is 5.57. The van der Waals surface area contributed by atoms with Gasteiger partial charge in [0.15, 0.2) is 11.6 Å². The molecule has 1 fully saturated rings. The molecule has 0 saturated heterocycles. The molecule has 0 heterocycles. The first-order valence-corrected chi connectivity index (χ1v) is 8.27. The van der Waals surface area contributed by atoms with Gasteiger partial charge < -0.3 is 0 Å². The Bertz CT molecular complexity index is 589. The average molecular weight is 303 g/mol. The van der Waals surface area contributed by atoms with Gasteiger partial charge in [0.25, 0.3) is 0 Å². The Hall–Kier alpha value is -1.01. The van der Waals surface area contributed by atoms with E-state index in [2.05, 4.69) is 11.6 Å². The molecule has 0 unspecified atom stereocenters. The molecule has 3 nitrogen and oxygen atoms in total. The second kappa shape index (κ2) is 5.77. The van der Waals surface area contributed by atoms with E-state index in [0.29, 0.717) is 12.0 Å². The fourth-order valence-electron chi connectivity index (χ4n) is 2.66. The Morgan fingerprint density at radius 3 is 2.50 bits per heavy atom. The minimum absolute atomic E-state index is 0.156. The fraction of sp³-hybridized carbons (Fsp3) is 0.571. The lowest BCUT2D eigenvalue weighted by atomic mass is 9.78. The van der Waals surface area contributed by atoms with Crippen LogP contribution < -0.4 is 4.72 Å². The maximum absolute atomic E-state index is 13.2. The third-order valence-corrected chi connectivity index (χ3v) is 5.70. The normalized spacial score (nSPS) is 27.5. The minimum atomic E-state index is -3.81. The van der Waals surface area contributed by atoms with E-state index >= 15 is 0 Å². The summed E-state index contributed by atoms with van der Waals surface area (Å²) in [6, 6.07) is 2.47. The van der Waals surface area contributed by atoms with Crippen molar-refractivity contribution in [1.29, 1.82) is 0 Å². The first-order valence-electron chi connectivity index (χ1n) is 6.78. The van der Waals surface area contributed by atoms with Crippen molar-refractivity contribution in [2.75, 3.05) is 0 Å². The van der Waals surface area contributed by atoms with E-state index in [4.69, 9.17) is 0 Å². The maximum atomic E-state index is 13.2. The van der Waals surface area contributed by atoms with Gasteiger partial charge in [-0.25, -0.2) is 21.9 Å². The van der Waals surface area contributed by atoms with Gasteiger partial charge in [0.05, 0.1) is 4.90 Å². The summed E-state index contributed by atoms with van der Waals surface area (Å²) in [6.45, 7) is 4.12. The van der Waals surface area contributed by atoms with Crippen LogP contribution in [0.2, 0.25) is 0 Å². The van der Waals surface area contributed by atoms with E-state index in [0.717, 1.165) is 31.4 Å². The zero-order chi connectivity index (χ0) is 14.9. The van der Waals surface area contributed by atoms with Crippen molar-refractivity contribution in [2.45, 2.75) is 44.0 Å². The van der Waals surface area contributed by atoms with Crippen LogP contribution in [0.1, 0.15) is 33.1 Å². The Balaban J connectivity index is 2.20. The molecule has 1 aromatic rings. The topological polar surface area (TPSA) is 46.2 Å². The highest BCUT2D eigenvalue weighted by atomic mass is 32.2. The largest absolute Gasteiger partial charge is 0.240 e. The molecule has 0 aliphatic heterocycles. The van der Waals surface area contributed by atoms with E-state index in [9.17, 15) is 17.2 Å². The molecule has 0 amide bonds. The van der Waals surface area contributed by atoms with Crippen LogP contribution >= 0.6 is 0 Å². The molecule has 1 aliphatic carbocycles. The van der Waals surface area contributed by atoms with Crippen molar-refractivity contribution in [3.05, 3.63) is 29.8 Å². The van der Waals surface area contributed by atoms with E-state index < -0.39 is 21.7 Å². The van der Waals surface area contributed by atoms with E-state index in [1.54, 1.807) is 0 Å². The Labute approximate surface area is 118 Å². The van der Waals surface area contributed by atoms with Gasteiger partial charge in [0.1, 0.15) is 0 Å². The van der Waals surface area contributed by atoms with Crippen molar-refractivity contribution in [1.82, 2.24) is 4.72 Å². The van der Waals surface area contributed by atoms with Crippen LogP contribution in [0, 0.1) is 23.5 Å². The summed E-state index contributed by atoms with van der Waals surface area (Å²) in [7, 11) is -3.81. The maximum Gasteiger partial charge on any atom is 0.240 e. The van der Waals surface area contributed by atoms with Crippen LogP contribution in [0.25, 0.3) is 0 Å². The molecular weight excluding hydrogens is 284 g/mol. The molecule has 1 aromatic carbocycles. The summed E-state index contributed by atoms with van der Waals surface area (Å²) in [5.74, 6) is -1.54. The van der Waals surface area contributed by atoms with Gasteiger partial charge in [-0.15, -0.1) is 0 Å². The smallest absolute Gasteiger partial charge is 0.208 e. The van der Waals surface area contributed by atoms with Gasteiger partial charge in [0.2, 0.25) is 10.0 Å². The van der Waals surface area contributed by atoms with Crippen LogP contribution in [-0.4, -0.2) is 14.5 Å². The minimum Gasteiger partial charge on any atom is -0.208 e. The summed E-state index contributed by atoms with van der Waals surface area (Å²) in [5, 5.41) is 0. The van der Waals surface area contributed by atoms with Gasteiger partial charge in [0, 0.05) is 6.04 Å². The number of halogens is 2. The van der Waals surface area contributed by atoms with E-state index in [1.165, 1.54) is 0 Å². The van der Waals surface area contributed by atoms with Crippen molar-refractivity contribution >= 4 is 10.0 Å². The fourth-order valence-corrected chi connectivity index (χ4v) is 4.03. The van der Waals surface area contributed by atoms with Crippen LogP contribution in [0.4, 0.5) is 8.78 Å². The highest BCUT2D eigenvalue weighted by Gasteiger charge is 2.30. The summed E-state index contributed by atoms with van der Waals surface area (Å²) in [4.78, 5) is -0.234. The molecule has 1 saturated carbocycles. The standard InChI is InChI=1S/C14H19F2NO2S/c1-9-4-3-5-14(10(9)2)17-20(18,19)11-6-7-12(15)13(16)8-11/h6-10,14,17H,3-5H2,1-2H3/t9-,10-,14-/m1/s1.